The molecule has 3 aliphatic carbocycles. The van der Waals surface area contributed by atoms with Crippen molar-refractivity contribution >= 4 is 17.5 Å². The lowest BCUT2D eigenvalue weighted by molar-refractivity contribution is -0.123. The highest BCUT2D eigenvalue weighted by atomic mass is 35.5. The Kier molecular flexibility index (Phi) is 2.33. The van der Waals surface area contributed by atoms with E-state index in [4.69, 9.17) is 11.6 Å². The average molecular weight is 276 g/mol. The van der Waals surface area contributed by atoms with Crippen LogP contribution in [0.5, 0.6) is 0 Å². The molecule has 3 fully saturated rings. The van der Waals surface area contributed by atoms with Crippen molar-refractivity contribution in [3.63, 3.8) is 0 Å². The van der Waals surface area contributed by atoms with Crippen LogP contribution in [-0.2, 0) is 11.2 Å². The molecule has 19 heavy (non-hydrogen) atoms. The zero-order chi connectivity index (χ0) is 13.1. The first-order valence-electron chi connectivity index (χ1n) is 7.17. The highest BCUT2D eigenvalue weighted by Crippen LogP contribution is 2.70. The largest absolute Gasteiger partial charge is 0.350 e. The molecule has 0 aliphatic heterocycles. The van der Waals surface area contributed by atoms with Crippen LogP contribution < -0.4 is 5.32 Å². The van der Waals surface area contributed by atoms with Gasteiger partial charge in [0, 0.05) is 16.5 Å². The molecule has 2 nitrogen and oxygen atoms in total. The lowest BCUT2D eigenvalue weighted by Gasteiger charge is -2.17. The minimum atomic E-state index is 0.0452. The van der Waals surface area contributed by atoms with Crippen LogP contribution in [0.2, 0.25) is 5.02 Å². The second-order valence-corrected chi connectivity index (χ2v) is 7.13. The maximum Gasteiger partial charge on any atom is 0.224 e. The van der Waals surface area contributed by atoms with Crippen LogP contribution in [0.15, 0.2) is 24.3 Å². The molecule has 0 heterocycles. The molecule has 1 amide bonds. The van der Waals surface area contributed by atoms with Crippen LogP contribution in [0.3, 0.4) is 0 Å². The summed E-state index contributed by atoms with van der Waals surface area (Å²) < 4.78 is 0. The predicted octanol–water partition coefficient (Wildman–Crippen LogP) is 3.33. The summed E-state index contributed by atoms with van der Waals surface area (Å²) in [7, 11) is 0. The Labute approximate surface area is 118 Å². The Morgan fingerprint density at radius 3 is 2.42 bits per heavy atom. The third-order valence-electron chi connectivity index (χ3n) is 5.10. The molecule has 3 aliphatic rings. The standard InChI is InChI=1S/C16H18ClNO/c17-12-3-1-11(2-4-12)9-16(7-8-16)18-14(19)13-10-15(13)5-6-15/h1-4,13H,5-10H2,(H,18,19)/t13-/m1/s1. The van der Waals surface area contributed by atoms with E-state index in [0.29, 0.717) is 17.2 Å². The normalized spacial score (nSPS) is 27.9. The van der Waals surface area contributed by atoms with Gasteiger partial charge < -0.3 is 5.32 Å². The van der Waals surface area contributed by atoms with E-state index in [9.17, 15) is 4.79 Å². The van der Waals surface area contributed by atoms with Crippen molar-refractivity contribution in [3.05, 3.63) is 34.9 Å². The summed E-state index contributed by atoms with van der Waals surface area (Å²) in [5, 5.41) is 4.09. The summed E-state index contributed by atoms with van der Waals surface area (Å²) in [5.74, 6) is 0.638. The van der Waals surface area contributed by atoms with Gasteiger partial charge in [0.1, 0.15) is 0 Å². The number of carbonyl (C=O) groups excluding carboxylic acids is 1. The minimum absolute atomic E-state index is 0.0452. The second-order valence-electron chi connectivity index (χ2n) is 6.69. The maximum absolute atomic E-state index is 12.2. The first kappa shape index (κ1) is 11.8. The maximum atomic E-state index is 12.2. The Bertz CT molecular complexity index is 528. The number of benzene rings is 1. The van der Waals surface area contributed by atoms with Gasteiger partial charge in [0.05, 0.1) is 0 Å². The van der Waals surface area contributed by atoms with Crippen molar-refractivity contribution in [2.24, 2.45) is 11.3 Å². The van der Waals surface area contributed by atoms with Gasteiger partial charge in [0.2, 0.25) is 5.91 Å². The average Bonchev–Trinajstić information content (AvgIpc) is 3.26. The monoisotopic (exact) mass is 275 g/mol. The summed E-state index contributed by atoms with van der Waals surface area (Å²) in [6.45, 7) is 0. The van der Waals surface area contributed by atoms with Crippen molar-refractivity contribution in [1.82, 2.24) is 5.32 Å². The predicted molar refractivity (Wildman–Crippen MR) is 75.0 cm³/mol. The molecule has 3 saturated carbocycles. The lowest BCUT2D eigenvalue weighted by atomic mass is 10.0. The molecule has 1 aromatic carbocycles. The van der Waals surface area contributed by atoms with Gasteiger partial charge >= 0.3 is 0 Å². The molecule has 0 unspecified atom stereocenters. The first-order chi connectivity index (χ1) is 9.11. The van der Waals surface area contributed by atoms with E-state index in [1.807, 2.05) is 12.1 Å². The molecule has 3 heteroatoms. The highest BCUT2D eigenvalue weighted by molar-refractivity contribution is 6.30. The van der Waals surface area contributed by atoms with Crippen molar-refractivity contribution < 1.29 is 4.79 Å². The molecule has 0 saturated heterocycles. The number of hydrogen-bond donors (Lipinski definition) is 1. The number of carbonyl (C=O) groups is 1. The van der Waals surface area contributed by atoms with E-state index in [1.165, 1.54) is 18.4 Å². The Balaban J connectivity index is 1.40. The zero-order valence-corrected chi connectivity index (χ0v) is 11.7. The molecule has 1 atom stereocenters. The van der Waals surface area contributed by atoms with E-state index >= 15 is 0 Å². The van der Waals surface area contributed by atoms with Crippen molar-refractivity contribution in [2.75, 3.05) is 0 Å². The molecular formula is C16H18ClNO. The van der Waals surface area contributed by atoms with Crippen LogP contribution in [0.25, 0.3) is 0 Å². The first-order valence-corrected chi connectivity index (χ1v) is 7.55. The van der Waals surface area contributed by atoms with Crippen LogP contribution in [0.4, 0.5) is 0 Å². The Morgan fingerprint density at radius 2 is 1.89 bits per heavy atom. The second kappa shape index (κ2) is 3.76. The van der Waals surface area contributed by atoms with Gasteiger partial charge in [-0.2, -0.15) is 0 Å². The van der Waals surface area contributed by atoms with Gasteiger partial charge in [-0.15, -0.1) is 0 Å². The summed E-state index contributed by atoms with van der Waals surface area (Å²) >= 11 is 5.90. The highest BCUT2D eigenvalue weighted by Gasteiger charge is 2.66. The van der Waals surface area contributed by atoms with Gasteiger partial charge in [-0.1, -0.05) is 23.7 Å². The number of hydrogen-bond acceptors (Lipinski definition) is 1. The summed E-state index contributed by atoms with van der Waals surface area (Å²) in [6, 6.07) is 7.98. The fourth-order valence-corrected chi connectivity index (χ4v) is 3.40. The van der Waals surface area contributed by atoms with Gasteiger partial charge in [0.25, 0.3) is 0 Å². The van der Waals surface area contributed by atoms with Gasteiger partial charge in [-0.3, -0.25) is 4.79 Å². The SMILES string of the molecule is O=C(NC1(Cc2ccc(Cl)cc2)CC1)[C@H]1CC12CC2. The molecule has 1 N–H and O–H groups in total. The van der Waals surface area contributed by atoms with Crippen LogP contribution >= 0.6 is 11.6 Å². The smallest absolute Gasteiger partial charge is 0.224 e. The van der Waals surface area contributed by atoms with Gasteiger partial charge in [0.15, 0.2) is 0 Å². The van der Waals surface area contributed by atoms with E-state index in [0.717, 1.165) is 30.7 Å². The fraction of sp³-hybridized carbons (Fsp3) is 0.562. The number of halogens is 1. The summed E-state index contributed by atoms with van der Waals surface area (Å²) in [4.78, 5) is 12.2. The molecule has 1 aromatic rings. The quantitative estimate of drug-likeness (QED) is 0.897. The molecule has 0 radical (unpaired) electrons. The summed E-state index contributed by atoms with van der Waals surface area (Å²) in [6.07, 6.45) is 6.85. The van der Waals surface area contributed by atoms with Crippen molar-refractivity contribution in [1.29, 1.82) is 0 Å². The van der Waals surface area contributed by atoms with E-state index in [-0.39, 0.29) is 5.54 Å². The molecular weight excluding hydrogens is 258 g/mol. The molecule has 0 bridgehead atoms. The van der Waals surface area contributed by atoms with Gasteiger partial charge in [-0.25, -0.2) is 0 Å². The van der Waals surface area contributed by atoms with Crippen LogP contribution in [-0.4, -0.2) is 11.4 Å². The number of nitrogens with one attached hydrogen (secondary N) is 1. The third-order valence-corrected chi connectivity index (χ3v) is 5.35. The number of amides is 1. The van der Waals surface area contributed by atoms with Gasteiger partial charge in [-0.05, 0) is 61.6 Å². The summed E-state index contributed by atoms with van der Waals surface area (Å²) in [5.41, 5.74) is 1.77. The van der Waals surface area contributed by atoms with E-state index < -0.39 is 0 Å². The zero-order valence-electron chi connectivity index (χ0n) is 10.9. The molecule has 100 valence electrons. The van der Waals surface area contributed by atoms with Crippen molar-refractivity contribution in [3.8, 4) is 0 Å². The molecule has 1 spiro atoms. The third kappa shape index (κ3) is 2.16. The molecule has 0 aromatic heterocycles. The fourth-order valence-electron chi connectivity index (χ4n) is 3.27. The van der Waals surface area contributed by atoms with Crippen LogP contribution in [0.1, 0.15) is 37.7 Å². The lowest BCUT2D eigenvalue weighted by Crippen LogP contribution is -2.39. The van der Waals surface area contributed by atoms with E-state index in [2.05, 4.69) is 17.4 Å². The minimum Gasteiger partial charge on any atom is -0.350 e. The molecule has 4 rings (SSSR count). The van der Waals surface area contributed by atoms with Crippen molar-refractivity contribution in [2.45, 2.75) is 44.1 Å². The van der Waals surface area contributed by atoms with E-state index in [1.54, 1.807) is 0 Å². The Morgan fingerprint density at radius 1 is 1.21 bits per heavy atom. The topological polar surface area (TPSA) is 29.1 Å². The van der Waals surface area contributed by atoms with Crippen LogP contribution in [0, 0.1) is 11.3 Å². The number of rotatable bonds is 4. The Hall–Kier alpha value is -1.02.